The van der Waals surface area contributed by atoms with Crippen molar-refractivity contribution in [1.29, 1.82) is 0 Å². The number of hydrogen-bond donors (Lipinski definition) is 1. The zero-order valence-corrected chi connectivity index (χ0v) is 22.7. The van der Waals surface area contributed by atoms with Crippen molar-refractivity contribution < 1.29 is 22.3 Å². The molecule has 0 spiro atoms. The van der Waals surface area contributed by atoms with Crippen LogP contribution in [0.2, 0.25) is 5.02 Å². The van der Waals surface area contributed by atoms with E-state index in [1.807, 2.05) is 0 Å². The molecule has 0 saturated carbocycles. The number of ether oxygens (including phenoxy) is 1. The summed E-state index contributed by atoms with van der Waals surface area (Å²) in [7, 11) is -2.52. The molecule has 0 bridgehead atoms. The molecule has 3 aromatic carbocycles. The average Bonchev–Trinajstić information content (AvgIpc) is 2.94. The van der Waals surface area contributed by atoms with Crippen LogP contribution in [0.4, 0.5) is 10.1 Å². The first-order chi connectivity index (χ1) is 18.7. The van der Waals surface area contributed by atoms with Gasteiger partial charge in [0.2, 0.25) is 0 Å². The molecule has 11 heteroatoms. The summed E-state index contributed by atoms with van der Waals surface area (Å²) >= 11 is 5.77. The van der Waals surface area contributed by atoms with Crippen LogP contribution >= 0.6 is 11.6 Å². The van der Waals surface area contributed by atoms with Crippen molar-refractivity contribution in [2.24, 2.45) is 0 Å². The van der Waals surface area contributed by atoms with Crippen molar-refractivity contribution in [2.45, 2.75) is 11.4 Å². The van der Waals surface area contributed by atoms with E-state index in [1.165, 1.54) is 31.4 Å². The fourth-order valence-electron chi connectivity index (χ4n) is 4.61. The molecular weight excluding hydrogens is 543 g/mol. The van der Waals surface area contributed by atoms with Gasteiger partial charge >= 0.3 is 0 Å². The number of nitrogens with zero attached hydrogens (tertiary/aromatic N) is 3. The molecule has 1 fully saturated rings. The lowest BCUT2D eigenvalue weighted by atomic mass is 10.1. The molecule has 202 valence electrons. The quantitative estimate of drug-likeness (QED) is 0.344. The molecule has 1 amide bonds. The largest absolute Gasteiger partial charge is 0.496 e. The highest BCUT2D eigenvalue weighted by molar-refractivity contribution is 7.93. The number of sulfonamides is 1. The number of rotatable bonds is 7. The highest BCUT2D eigenvalue weighted by Gasteiger charge is 2.25. The van der Waals surface area contributed by atoms with Gasteiger partial charge in [-0.2, -0.15) is 0 Å². The first-order valence-corrected chi connectivity index (χ1v) is 14.1. The molecular formula is C28H26ClFN4O4S. The number of piperazine rings is 1. The summed E-state index contributed by atoms with van der Waals surface area (Å²) in [5, 5.41) is 0.798. The third-order valence-corrected chi connectivity index (χ3v) is 8.34. The molecule has 0 unspecified atom stereocenters. The molecule has 0 atom stereocenters. The maximum Gasteiger partial charge on any atom is 0.264 e. The van der Waals surface area contributed by atoms with Crippen molar-refractivity contribution >= 4 is 44.1 Å². The number of anilines is 1. The number of pyridine rings is 1. The third kappa shape index (κ3) is 5.83. The summed E-state index contributed by atoms with van der Waals surface area (Å²) in [5.41, 5.74) is 1.78. The van der Waals surface area contributed by atoms with Gasteiger partial charge in [0.15, 0.2) is 0 Å². The lowest BCUT2D eigenvalue weighted by Crippen LogP contribution is -2.48. The summed E-state index contributed by atoms with van der Waals surface area (Å²) in [5.74, 6) is -0.401. The number of carbonyl (C=O) groups excluding carboxylic acids is 1. The second-order valence-corrected chi connectivity index (χ2v) is 11.2. The molecule has 1 saturated heterocycles. The zero-order valence-electron chi connectivity index (χ0n) is 21.1. The summed E-state index contributed by atoms with van der Waals surface area (Å²) in [4.78, 5) is 21.5. The minimum absolute atomic E-state index is 0.0546. The van der Waals surface area contributed by atoms with E-state index in [1.54, 1.807) is 53.6 Å². The molecule has 1 aliphatic heterocycles. The van der Waals surface area contributed by atoms with Crippen LogP contribution in [0.15, 0.2) is 77.8 Å². The first-order valence-electron chi connectivity index (χ1n) is 12.3. The molecule has 39 heavy (non-hydrogen) atoms. The van der Waals surface area contributed by atoms with Crippen LogP contribution in [-0.4, -0.2) is 62.4 Å². The Bertz CT molecular complexity index is 1640. The van der Waals surface area contributed by atoms with Crippen molar-refractivity contribution in [1.82, 2.24) is 14.8 Å². The molecule has 1 aromatic heterocycles. The number of nitrogens with one attached hydrogen (secondary N) is 1. The number of halogens is 2. The zero-order chi connectivity index (χ0) is 27.6. The van der Waals surface area contributed by atoms with E-state index >= 15 is 0 Å². The van der Waals surface area contributed by atoms with E-state index in [-0.39, 0.29) is 27.3 Å². The number of methoxy groups -OCH3 is 1. The highest BCUT2D eigenvalue weighted by Crippen LogP contribution is 2.28. The summed E-state index contributed by atoms with van der Waals surface area (Å²) in [6.07, 6.45) is 1.54. The first kappa shape index (κ1) is 26.9. The number of carbonyl (C=O) groups is 1. The number of para-hydroxylation sites is 1. The Morgan fingerprint density at radius 3 is 2.56 bits per heavy atom. The SMILES string of the molecule is COc1cc(NS(=O)(=O)c2cccc3cccnc23)ccc1C(=O)N1CCN(Cc2ccc(Cl)c(F)c2)CC1. The third-order valence-electron chi connectivity index (χ3n) is 6.62. The van der Waals surface area contributed by atoms with Crippen LogP contribution in [0.3, 0.4) is 0 Å². The van der Waals surface area contributed by atoms with Gasteiger partial charge in [-0.1, -0.05) is 35.9 Å². The molecule has 2 heterocycles. The monoisotopic (exact) mass is 568 g/mol. The average molecular weight is 569 g/mol. The Morgan fingerprint density at radius 1 is 1.05 bits per heavy atom. The van der Waals surface area contributed by atoms with Crippen LogP contribution in [0.25, 0.3) is 10.9 Å². The summed E-state index contributed by atoms with van der Waals surface area (Å²) in [6, 6.07) is 17.8. The highest BCUT2D eigenvalue weighted by atomic mass is 35.5. The van der Waals surface area contributed by atoms with Crippen LogP contribution < -0.4 is 9.46 Å². The fourth-order valence-corrected chi connectivity index (χ4v) is 5.96. The van der Waals surface area contributed by atoms with Gasteiger partial charge in [-0.15, -0.1) is 0 Å². The molecule has 0 radical (unpaired) electrons. The minimum Gasteiger partial charge on any atom is -0.496 e. The normalized spacial score (nSPS) is 14.4. The number of benzene rings is 3. The van der Waals surface area contributed by atoms with E-state index < -0.39 is 15.8 Å². The van der Waals surface area contributed by atoms with Crippen LogP contribution in [0.1, 0.15) is 15.9 Å². The Hall–Kier alpha value is -3.73. The van der Waals surface area contributed by atoms with E-state index in [9.17, 15) is 17.6 Å². The van der Waals surface area contributed by atoms with Gasteiger partial charge in [0.1, 0.15) is 16.5 Å². The molecule has 0 aliphatic carbocycles. The Kier molecular flexibility index (Phi) is 7.69. The summed E-state index contributed by atoms with van der Waals surface area (Å²) in [6.45, 7) is 2.77. The number of fused-ring (bicyclic) bond motifs is 1. The molecule has 4 aromatic rings. The van der Waals surface area contributed by atoms with Gasteiger partial charge in [-0.25, -0.2) is 12.8 Å². The lowest BCUT2D eigenvalue weighted by Gasteiger charge is -2.35. The van der Waals surface area contributed by atoms with E-state index in [2.05, 4.69) is 14.6 Å². The second-order valence-electron chi connectivity index (χ2n) is 9.17. The van der Waals surface area contributed by atoms with Crippen LogP contribution in [0, 0.1) is 5.82 Å². The maximum absolute atomic E-state index is 13.8. The van der Waals surface area contributed by atoms with Crippen molar-refractivity contribution in [2.75, 3.05) is 38.0 Å². The molecule has 1 N–H and O–H groups in total. The predicted octanol–water partition coefficient (Wildman–Crippen LogP) is 4.79. The Labute approximate surface area is 231 Å². The lowest BCUT2D eigenvalue weighted by molar-refractivity contribution is 0.0625. The number of aromatic nitrogens is 1. The molecule has 8 nitrogen and oxygen atoms in total. The van der Waals surface area contributed by atoms with Crippen molar-refractivity contribution in [3.05, 3.63) is 94.9 Å². The second kappa shape index (κ2) is 11.2. The van der Waals surface area contributed by atoms with Crippen LogP contribution in [-0.2, 0) is 16.6 Å². The van der Waals surface area contributed by atoms with E-state index in [0.29, 0.717) is 49.2 Å². The van der Waals surface area contributed by atoms with Gasteiger partial charge < -0.3 is 9.64 Å². The van der Waals surface area contributed by atoms with Crippen molar-refractivity contribution in [3.8, 4) is 5.75 Å². The Balaban J connectivity index is 1.27. The smallest absolute Gasteiger partial charge is 0.264 e. The molecule has 1 aliphatic rings. The van der Waals surface area contributed by atoms with Crippen molar-refractivity contribution in [3.63, 3.8) is 0 Å². The van der Waals surface area contributed by atoms with Gasteiger partial charge in [0.25, 0.3) is 15.9 Å². The minimum atomic E-state index is -3.96. The van der Waals surface area contributed by atoms with Gasteiger partial charge in [-0.05, 0) is 42.0 Å². The number of hydrogen-bond acceptors (Lipinski definition) is 6. The van der Waals surface area contributed by atoms with Gasteiger partial charge in [0, 0.05) is 50.4 Å². The number of amides is 1. The Morgan fingerprint density at radius 2 is 1.82 bits per heavy atom. The summed E-state index contributed by atoms with van der Waals surface area (Å²) < 4.78 is 48.2. The van der Waals surface area contributed by atoms with Crippen LogP contribution in [0.5, 0.6) is 5.75 Å². The standard InChI is InChI=1S/C28H26ClFN4O4S/c1-38-25-17-21(32-39(36,37)26-6-2-4-20-5-3-11-31-27(20)26)8-9-22(25)28(35)34-14-12-33(13-15-34)18-19-7-10-23(29)24(30)16-19/h2-11,16-17,32H,12-15,18H2,1H3. The topological polar surface area (TPSA) is 91.8 Å². The van der Waals surface area contributed by atoms with E-state index in [4.69, 9.17) is 16.3 Å². The fraction of sp³-hybridized carbons (Fsp3) is 0.214. The van der Waals surface area contributed by atoms with Gasteiger partial charge in [-0.3, -0.25) is 19.4 Å². The van der Waals surface area contributed by atoms with E-state index in [0.717, 1.165) is 5.56 Å². The predicted molar refractivity (Wildman–Crippen MR) is 148 cm³/mol. The van der Waals surface area contributed by atoms with Gasteiger partial charge in [0.05, 0.1) is 28.9 Å². The maximum atomic E-state index is 13.8. The molecule has 5 rings (SSSR count).